The minimum absolute atomic E-state index is 0.231. The molecule has 0 aliphatic rings. The quantitative estimate of drug-likeness (QED) is 0.863. The van der Waals surface area contributed by atoms with Crippen molar-refractivity contribution in [3.8, 4) is 0 Å². The molecule has 0 amide bonds. The summed E-state index contributed by atoms with van der Waals surface area (Å²) in [7, 11) is 0. The Morgan fingerprint density at radius 1 is 1.67 bits per heavy atom. The summed E-state index contributed by atoms with van der Waals surface area (Å²) >= 11 is 3.40. The Labute approximate surface area is 80.8 Å². The molecule has 0 saturated carbocycles. The minimum atomic E-state index is -0.231. The second kappa shape index (κ2) is 4.58. The molecule has 0 fully saturated rings. The highest BCUT2D eigenvalue weighted by Gasteiger charge is 2.01. The zero-order chi connectivity index (χ0) is 8.97. The van der Waals surface area contributed by atoms with E-state index >= 15 is 0 Å². The van der Waals surface area contributed by atoms with Gasteiger partial charge in [0.15, 0.2) is 0 Å². The lowest BCUT2D eigenvalue weighted by Gasteiger charge is -2.05. The van der Waals surface area contributed by atoms with E-state index in [1.807, 2.05) is 6.07 Å². The normalized spacial score (nSPS) is 12.9. The third kappa shape index (κ3) is 2.91. The molecule has 0 aliphatic heterocycles. The molecule has 1 atom stereocenters. The molecule has 1 N–H and O–H groups in total. The Balaban J connectivity index is 2.57. The fourth-order valence-electron chi connectivity index (χ4n) is 0.971. The number of aryl methyl sites for hydroxylation is 1. The van der Waals surface area contributed by atoms with Gasteiger partial charge in [0, 0.05) is 16.9 Å². The van der Waals surface area contributed by atoms with E-state index in [9.17, 15) is 0 Å². The molecule has 1 aromatic heterocycles. The van der Waals surface area contributed by atoms with Crippen LogP contribution in [0.3, 0.4) is 0 Å². The number of halogens is 1. The molecule has 2 nitrogen and oxygen atoms in total. The van der Waals surface area contributed by atoms with Crippen molar-refractivity contribution >= 4 is 15.9 Å². The fourth-order valence-corrected chi connectivity index (χ4v) is 1.42. The Bertz CT molecular complexity index is 250. The average Bonchev–Trinajstić information content (AvgIpc) is 2.03. The molecular weight excluding hydrogens is 218 g/mol. The van der Waals surface area contributed by atoms with E-state index in [0.29, 0.717) is 0 Å². The van der Waals surface area contributed by atoms with E-state index in [1.54, 1.807) is 19.3 Å². The summed E-state index contributed by atoms with van der Waals surface area (Å²) in [4.78, 5) is 3.96. The molecule has 1 rings (SSSR count). The van der Waals surface area contributed by atoms with Crippen LogP contribution in [-0.4, -0.2) is 16.2 Å². The molecule has 66 valence electrons. The maximum absolute atomic E-state index is 9.07. The third-order valence-electron chi connectivity index (χ3n) is 1.69. The topological polar surface area (TPSA) is 33.1 Å². The summed E-state index contributed by atoms with van der Waals surface area (Å²) < 4.78 is 1.02. The van der Waals surface area contributed by atoms with Crippen molar-refractivity contribution in [3.05, 3.63) is 28.5 Å². The van der Waals surface area contributed by atoms with Gasteiger partial charge in [-0.05, 0) is 47.3 Å². The van der Waals surface area contributed by atoms with Gasteiger partial charge in [-0.3, -0.25) is 4.98 Å². The third-order valence-corrected chi connectivity index (χ3v) is 2.40. The Hall–Kier alpha value is -0.410. The van der Waals surface area contributed by atoms with Gasteiger partial charge in [0.1, 0.15) is 0 Å². The average molecular weight is 230 g/mol. The summed E-state index contributed by atoms with van der Waals surface area (Å²) in [5.41, 5.74) is 1.20. The number of aliphatic hydroxyl groups is 1. The van der Waals surface area contributed by atoms with Gasteiger partial charge in [0.2, 0.25) is 0 Å². The van der Waals surface area contributed by atoms with E-state index in [4.69, 9.17) is 5.11 Å². The first kappa shape index (κ1) is 9.68. The van der Waals surface area contributed by atoms with Crippen LogP contribution < -0.4 is 0 Å². The van der Waals surface area contributed by atoms with Crippen LogP contribution in [0.25, 0.3) is 0 Å². The lowest BCUT2D eigenvalue weighted by molar-refractivity contribution is 0.185. The van der Waals surface area contributed by atoms with Crippen LogP contribution in [0, 0.1) is 0 Å². The highest BCUT2D eigenvalue weighted by atomic mass is 79.9. The summed E-state index contributed by atoms with van der Waals surface area (Å²) in [6.45, 7) is 1.80. The van der Waals surface area contributed by atoms with Gasteiger partial charge in [-0.2, -0.15) is 0 Å². The summed E-state index contributed by atoms with van der Waals surface area (Å²) in [6.07, 6.45) is 4.99. The summed E-state index contributed by atoms with van der Waals surface area (Å²) in [5.74, 6) is 0. The van der Waals surface area contributed by atoms with Gasteiger partial charge in [0.25, 0.3) is 0 Å². The first-order valence-corrected chi connectivity index (χ1v) is 4.76. The van der Waals surface area contributed by atoms with Crippen LogP contribution in [0.4, 0.5) is 0 Å². The zero-order valence-electron chi connectivity index (χ0n) is 7.00. The van der Waals surface area contributed by atoms with Crippen LogP contribution in [-0.2, 0) is 6.42 Å². The molecule has 0 unspecified atom stereocenters. The van der Waals surface area contributed by atoms with Crippen molar-refractivity contribution in [2.24, 2.45) is 0 Å². The largest absolute Gasteiger partial charge is 0.393 e. The lowest BCUT2D eigenvalue weighted by Crippen LogP contribution is -2.01. The molecular formula is C9H12BrNO. The van der Waals surface area contributed by atoms with Crippen molar-refractivity contribution in [2.75, 3.05) is 0 Å². The molecule has 1 heterocycles. The Morgan fingerprint density at radius 2 is 2.42 bits per heavy atom. The smallest absolute Gasteiger partial charge is 0.0515 e. The highest BCUT2D eigenvalue weighted by molar-refractivity contribution is 9.10. The standard InChI is InChI=1S/C9H12BrNO/c1-7(12)2-3-8-4-5-11-6-9(8)10/h4-7,12H,2-3H2,1H3/t7-/m0/s1. The van der Waals surface area contributed by atoms with Gasteiger partial charge >= 0.3 is 0 Å². The highest BCUT2D eigenvalue weighted by Crippen LogP contribution is 2.16. The van der Waals surface area contributed by atoms with Gasteiger partial charge in [-0.15, -0.1) is 0 Å². The SMILES string of the molecule is C[C@H](O)CCc1ccncc1Br. The molecule has 3 heteroatoms. The number of rotatable bonds is 3. The minimum Gasteiger partial charge on any atom is -0.393 e. The number of nitrogens with zero attached hydrogens (tertiary/aromatic N) is 1. The number of hydrogen-bond acceptors (Lipinski definition) is 2. The molecule has 0 aliphatic carbocycles. The predicted molar refractivity (Wildman–Crippen MR) is 51.9 cm³/mol. The molecule has 0 spiro atoms. The Kier molecular flexibility index (Phi) is 3.69. The van der Waals surface area contributed by atoms with E-state index in [1.165, 1.54) is 5.56 Å². The first-order valence-electron chi connectivity index (χ1n) is 3.96. The van der Waals surface area contributed by atoms with Crippen molar-refractivity contribution in [2.45, 2.75) is 25.9 Å². The molecule has 12 heavy (non-hydrogen) atoms. The predicted octanol–water partition coefficient (Wildman–Crippen LogP) is 2.16. The summed E-state index contributed by atoms with van der Waals surface area (Å²) in [5, 5.41) is 9.07. The van der Waals surface area contributed by atoms with Crippen molar-refractivity contribution in [3.63, 3.8) is 0 Å². The van der Waals surface area contributed by atoms with Crippen molar-refractivity contribution in [1.82, 2.24) is 4.98 Å². The van der Waals surface area contributed by atoms with Crippen molar-refractivity contribution in [1.29, 1.82) is 0 Å². The Morgan fingerprint density at radius 3 is 3.00 bits per heavy atom. The molecule has 1 aromatic rings. The van der Waals surface area contributed by atoms with Gasteiger partial charge in [-0.1, -0.05) is 0 Å². The zero-order valence-corrected chi connectivity index (χ0v) is 8.58. The molecule has 0 bridgehead atoms. The van der Waals surface area contributed by atoms with E-state index in [0.717, 1.165) is 17.3 Å². The second-order valence-corrected chi connectivity index (χ2v) is 3.71. The molecule has 0 saturated heterocycles. The summed E-state index contributed by atoms with van der Waals surface area (Å²) in [6, 6.07) is 1.96. The van der Waals surface area contributed by atoms with Gasteiger partial charge in [0.05, 0.1) is 6.10 Å². The number of aromatic nitrogens is 1. The van der Waals surface area contributed by atoms with Crippen LogP contribution in [0.15, 0.2) is 22.9 Å². The maximum atomic E-state index is 9.07. The molecule has 0 radical (unpaired) electrons. The van der Waals surface area contributed by atoms with E-state index < -0.39 is 0 Å². The van der Waals surface area contributed by atoms with Crippen LogP contribution in [0.2, 0.25) is 0 Å². The van der Waals surface area contributed by atoms with Crippen LogP contribution >= 0.6 is 15.9 Å². The molecule has 0 aromatic carbocycles. The maximum Gasteiger partial charge on any atom is 0.0515 e. The number of hydrogen-bond donors (Lipinski definition) is 1. The van der Waals surface area contributed by atoms with E-state index in [2.05, 4.69) is 20.9 Å². The monoisotopic (exact) mass is 229 g/mol. The van der Waals surface area contributed by atoms with Gasteiger partial charge < -0.3 is 5.11 Å². The second-order valence-electron chi connectivity index (χ2n) is 2.85. The van der Waals surface area contributed by atoms with Crippen LogP contribution in [0.1, 0.15) is 18.9 Å². The van der Waals surface area contributed by atoms with Crippen LogP contribution in [0.5, 0.6) is 0 Å². The van der Waals surface area contributed by atoms with E-state index in [-0.39, 0.29) is 6.10 Å². The lowest BCUT2D eigenvalue weighted by atomic mass is 10.1. The first-order chi connectivity index (χ1) is 5.70. The number of aliphatic hydroxyl groups excluding tert-OH is 1. The van der Waals surface area contributed by atoms with Crippen molar-refractivity contribution < 1.29 is 5.11 Å². The van der Waals surface area contributed by atoms with Gasteiger partial charge in [-0.25, -0.2) is 0 Å². The fraction of sp³-hybridized carbons (Fsp3) is 0.444. The number of pyridine rings is 1.